The first-order valence-corrected chi connectivity index (χ1v) is 12.7. The van der Waals surface area contributed by atoms with Crippen molar-refractivity contribution in [3.8, 4) is 0 Å². The summed E-state index contributed by atoms with van der Waals surface area (Å²) in [5, 5.41) is 0. The Kier molecular flexibility index (Phi) is 8.44. The van der Waals surface area contributed by atoms with Crippen LogP contribution in [0, 0.1) is 11.8 Å². The van der Waals surface area contributed by atoms with E-state index in [0.29, 0.717) is 31.0 Å². The third kappa shape index (κ3) is 7.20. The predicted octanol–water partition coefficient (Wildman–Crippen LogP) is 6.83. The van der Waals surface area contributed by atoms with Crippen LogP contribution in [0.15, 0.2) is 53.1 Å². The van der Waals surface area contributed by atoms with Crippen molar-refractivity contribution in [2.24, 2.45) is 11.8 Å². The normalized spacial score (nSPS) is 21.6. The fourth-order valence-corrected chi connectivity index (χ4v) is 4.99. The molecule has 0 N–H and O–H groups in total. The fourth-order valence-electron chi connectivity index (χ4n) is 4.99. The maximum absolute atomic E-state index is 13.1. The van der Waals surface area contributed by atoms with E-state index >= 15 is 0 Å². The average molecular weight is 453 g/mol. The number of amides is 1. The summed E-state index contributed by atoms with van der Waals surface area (Å²) in [5.74, 6) is 1.31. The van der Waals surface area contributed by atoms with Crippen LogP contribution < -0.4 is 0 Å². The highest BCUT2D eigenvalue weighted by Crippen LogP contribution is 2.38. The highest BCUT2D eigenvalue weighted by molar-refractivity contribution is 5.68. The Balaban J connectivity index is 1.76. The van der Waals surface area contributed by atoms with Crippen LogP contribution in [0.1, 0.15) is 73.3 Å². The van der Waals surface area contributed by atoms with Gasteiger partial charge >= 0.3 is 6.09 Å². The molecule has 1 aliphatic carbocycles. The van der Waals surface area contributed by atoms with E-state index in [1.807, 2.05) is 43.9 Å². The zero-order valence-electron chi connectivity index (χ0n) is 21.9. The van der Waals surface area contributed by atoms with Crippen LogP contribution in [0.25, 0.3) is 0 Å². The number of hydrogen-bond donors (Lipinski definition) is 0. The zero-order valence-corrected chi connectivity index (χ0v) is 21.9. The van der Waals surface area contributed by atoms with Gasteiger partial charge in [-0.2, -0.15) is 0 Å². The van der Waals surface area contributed by atoms with Crippen molar-refractivity contribution in [1.82, 2.24) is 9.80 Å². The molecule has 33 heavy (non-hydrogen) atoms. The van der Waals surface area contributed by atoms with Crippen LogP contribution in [0.5, 0.6) is 0 Å². The van der Waals surface area contributed by atoms with Crippen LogP contribution in [0.3, 0.4) is 0 Å². The molecule has 0 spiro atoms. The summed E-state index contributed by atoms with van der Waals surface area (Å²) in [6.07, 6.45) is 5.69. The molecule has 1 amide bonds. The van der Waals surface area contributed by atoms with Crippen molar-refractivity contribution in [2.45, 2.75) is 85.9 Å². The largest absolute Gasteiger partial charge is 0.444 e. The summed E-state index contributed by atoms with van der Waals surface area (Å²) in [4.78, 5) is 17.6. The number of piperidine rings is 1. The second-order valence-electron chi connectivity index (χ2n) is 11.4. The summed E-state index contributed by atoms with van der Waals surface area (Å²) in [6, 6.07) is 10.7. The van der Waals surface area contributed by atoms with Crippen molar-refractivity contribution >= 4 is 6.09 Å². The zero-order chi connectivity index (χ0) is 24.2. The van der Waals surface area contributed by atoms with Crippen LogP contribution >= 0.6 is 0 Å². The first kappa shape index (κ1) is 25.6. The number of carbonyl (C=O) groups is 1. The van der Waals surface area contributed by atoms with Crippen molar-refractivity contribution in [2.75, 3.05) is 19.6 Å². The standard InChI is InChI=1S/C29H44N2O2/c1-21(2)17-26-18-27-23(4)22(3)13-14-25(27)20-30(26)15-16-31(28(32)33-29(5,6)7)19-24-11-9-8-10-12-24/h8-12,14,21-22,26H,13,15-20H2,1-7H3. The molecular formula is C29H44N2O2. The Morgan fingerprint density at radius 3 is 2.55 bits per heavy atom. The smallest absolute Gasteiger partial charge is 0.410 e. The summed E-state index contributed by atoms with van der Waals surface area (Å²) in [6.45, 7) is 18.2. The lowest BCUT2D eigenvalue weighted by atomic mass is 9.78. The van der Waals surface area contributed by atoms with Crippen molar-refractivity contribution in [3.63, 3.8) is 0 Å². The fraction of sp³-hybridized carbons (Fsp3) is 0.621. The van der Waals surface area contributed by atoms with E-state index in [2.05, 4.69) is 50.8 Å². The van der Waals surface area contributed by atoms with Crippen LogP contribution in [0.2, 0.25) is 0 Å². The number of rotatable bonds is 7. The number of carbonyl (C=O) groups excluding carboxylic acids is 1. The molecule has 1 saturated heterocycles. The van der Waals surface area contributed by atoms with Gasteiger partial charge in [-0.15, -0.1) is 0 Å². The number of fused-ring (bicyclic) bond motifs is 1. The van der Waals surface area contributed by atoms with Gasteiger partial charge < -0.3 is 9.64 Å². The molecule has 2 aliphatic rings. The van der Waals surface area contributed by atoms with Crippen molar-refractivity contribution in [3.05, 3.63) is 58.7 Å². The first-order valence-electron chi connectivity index (χ1n) is 12.7. The summed E-state index contributed by atoms with van der Waals surface area (Å²) in [5.41, 5.74) is 5.32. The molecular weight excluding hydrogens is 408 g/mol. The Hall–Kier alpha value is -2.07. The number of ether oxygens (including phenoxy) is 1. The lowest BCUT2D eigenvalue weighted by molar-refractivity contribution is 0.0201. The summed E-state index contributed by atoms with van der Waals surface area (Å²) < 4.78 is 5.76. The van der Waals surface area contributed by atoms with Gasteiger partial charge in [-0.1, -0.05) is 62.8 Å². The molecule has 0 bridgehead atoms. The minimum Gasteiger partial charge on any atom is -0.444 e. The van der Waals surface area contributed by atoms with Crippen LogP contribution in [0.4, 0.5) is 4.79 Å². The second-order valence-corrected chi connectivity index (χ2v) is 11.4. The van der Waals surface area contributed by atoms with E-state index in [0.717, 1.165) is 31.5 Å². The highest BCUT2D eigenvalue weighted by Gasteiger charge is 2.32. The third-order valence-corrected chi connectivity index (χ3v) is 6.92. The van der Waals surface area contributed by atoms with Gasteiger partial charge in [-0.25, -0.2) is 4.79 Å². The van der Waals surface area contributed by atoms with Crippen LogP contribution in [-0.4, -0.2) is 47.2 Å². The summed E-state index contributed by atoms with van der Waals surface area (Å²) >= 11 is 0. The molecule has 4 heteroatoms. The first-order chi connectivity index (χ1) is 15.5. The molecule has 1 aromatic carbocycles. The molecule has 1 fully saturated rings. The van der Waals surface area contributed by atoms with E-state index in [1.54, 1.807) is 11.1 Å². The van der Waals surface area contributed by atoms with E-state index in [-0.39, 0.29) is 6.09 Å². The molecule has 4 nitrogen and oxygen atoms in total. The molecule has 1 aromatic rings. The molecule has 0 aromatic heterocycles. The third-order valence-electron chi connectivity index (χ3n) is 6.92. The Morgan fingerprint density at radius 1 is 1.21 bits per heavy atom. The maximum Gasteiger partial charge on any atom is 0.410 e. The van der Waals surface area contributed by atoms with E-state index in [1.165, 1.54) is 12.0 Å². The molecule has 0 radical (unpaired) electrons. The van der Waals surface area contributed by atoms with Crippen LogP contribution in [-0.2, 0) is 11.3 Å². The molecule has 3 rings (SSSR count). The number of likely N-dealkylation sites (tertiary alicyclic amines) is 1. The van der Waals surface area contributed by atoms with Gasteiger partial charge in [0.05, 0.1) is 0 Å². The molecule has 2 unspecified atom stereocenters. The van der Waals surface area contributed by atoms with Gasteiger partial charge in [-0.3, -0.25) is 4.90 Å². The topological polar surface area (TPSA) is 32.8 Å². The Morgan fingerprint density at radius 2 is 1.91 bits per heavy atom. The highest BCUT2D eigenvalue weighted by atomic mass is 16.6. The molecule has 1 aliphatic heterocycles. The number of allylic oxidation sites excluding steroid dienone is 2. The molecule has 182 valence electrons. The van der Waals surface area contributed by atoms with Crippen molar-refractivity contribution < 1.29 is 9.53 Å². The van der Waals surface area contributed by atoms with Gasteiger partial charge in [0.25, 0.3) is 0 Å². The van der Waals surface area contributed by atoms with Gasteiger partial charge in [0.2, 0.25) is 0 Å². The minimum absolute atomic E-state index is 0.231. The number of nitrogens with zero attached hydrogens (tertiary/aromatic N) is 2. The van der Waals surface area contributed by atoms with Gasteiger partial charge in [0.15, 0.2) is 0 Å². The average Bonchev–Trinajstić information content (AvgIpc) is 2.73. The lowest BCUT2D eigenvalue weighted by Crippen LogP contribution is -2.47. The molecule has 2 atom stereocenters. The lowest BCUT2D eigenvalue weighted by Gasteiger charge is -2.42. The van der Waals surface area contributed by atoms with Crippen molar-refractivity contribution in [1.29, 1.82) is 0 Å². The van der Waals surface area contributed by atoms with Gasteiger partial charge in [-0.05, 0) is 75.5 Å². The molecule has 1 heterocycles. The quantitative estimate of drug-likeness (QED) is 0.455. The SMILES string of the molecule is CC1=C2CC(CC(C)C)N(CCN(Cc3ccccc3)C(=O)OC(C)(C)C)CC2=CCC1C. The molecule has 0 saturated carbocycles. The number of hydrogen-bond acceptors (Lipinski definition) is 3. The maximum atomic E-state index is 13.1. The van der Waals surface area contributed by atoms with E-state index in [4.69, 9.17) is 4.74 Å². The summed E-state index contributed by atoms with van der Waals surface area (Å²) in [7, 11) is 0. The predicted molar refractivity (Wildman–Crippen MR) is 137 cm³/mol. The van der Waals surface area contributed by atoms with Gasteiger partial charge in [0.1, 0.15) is 5.60 Å². The number of benzene rings is 1. The van der Waals surface area contributed by atoms with E-state index < -0.39 is 5.60 Å². The minimum atomic E-state index is -0.502. The Bertz CT molecular complexity index is 863. The Labute approximate surface area is 201 Å². The second kappa shape index (κ2) is 10.9. The monoisotopic (exact) mass is 452 g/mol. The van der Waals surface area contributed by atoms with E-state index in [9.17, 15) is 4.79 Å². The van der Waals surface area contributed by atoms with Gasteiger partial charge in [0, 0.05) is 32.2 Å².